The van der Waals surface area contributed by atoms with E-state index in [4.69, 9.17) is 5.21 Å². The van der Waals surface area contributed by atoms with Crippen molar-refractivity contribution in [2.24, 2.45) is 0 Å². The van der Waals surface area contributed by atoms with Crippen molar-refractivity contribution in [3.8, 4) is 11.8 Å². The van der Waals surface area contributed by atoms with Gasteiger partial charge in [-0.3, -0.25) is 19.6 Å². The molecule has 0 aliphatic heterocycles. The summed E-state index contributed by atoms with van der Waals surface area (Å²) in [4.78, 5) is 38.2. The molecular weight excluding hydrogens is 426 g/mol. The van der Waals surface area contributed by atoms with Crippen LogP contribution in [0.2, 0.25) is 0 Å². The fourth-order valence-electron chi connectivity index (χ4n) is 3.04. The zero-order chi connectivity index (χ0) is 24.8. The number of rotatable bonds is 6. The van der Waals surface area contributed by atoms with Gasteiger partial charge >= 0.3 is 0 Å². The van der Waals surface area contributed by atoms with Gasteiger partial charge in [0.1, 0.15) is 6.10 Å². The van der Waals surface area contributed by atoms with Gasteiger partial charge < -0.3 is 20.4 Å². The Morgan fingerprint density at radius 2 is 1.42 bits per heavy atom. The third-order valence-corrected chi connectivity index (χ3v) is 5.38. The molecule has 0 aliphatic rings. The molecule has 2 aromatic rings. The summed E-state index contributed by atoms with van der Waals surface area (Å²) >= 11 is 0. The number of likely N-dealkylation sites (N-methyl/N-ethyl adjacent to an activating group) is 2. The first-order valence-electron chi connectivity index (χ1n) is 10.1. The number of carbonyl (C=O) groups excluding carboxylic acids is 3. The molecule has 0 heterocycles. The number of aliphatic hydroxyl groups is 2. The minimum absolute atomic E-state index is 0.223. The van der Waals surface area contributed by atoms with Crippen molar-refractivity contribution in [2.45, 2.75) is 31.6 Å². The fraction of sp³-hybridized carbons (Fsp3) is 0.292. The summed E-state index contributed by atoms with van der Waals surface area (Å²) in [6, 6.07) is 13.1. The van der Waals surface area contributed by atoms with Crippen LogP contribution in [0, 0.1) is 11.8 Å². The molecule has 2 rings (SSSR count). The summed E-state index contributed by atoms with van der Waals surface area (Å²) in [6.45, 7) is 2.73. The van der Waals surface area contributed by atoms with E-state index >= 15 is 0 Å². The van der Waals surface area contributed by atoms with Gasteiger partial charge in [0.25, 0.3) is 17.7 Å². The molecule has 0 aliphatic carbocycles. The third-order valence-electron chi connectivity index (χ3n) is 5.38. The van der Waals surface area contributed by atoms with E-state index in [-0.39, 0.29) is 5.56 Å². The van der Waals surface area contributed by atoms with E-state index in [9.17, 15) is 24.6 Å². The monoisotopic (exact) mass is 453 g/mol. The highest BCUT2D eigenvalue weighted by atomic mass is 16.5. The lowest BCUT2D eigenvalue weighted by Gasteiger charge is -2.34. The van der Waals surface area contributed by atoms with Crippen LogP contribution in [0.3, 0.4) is 0 Å². The quantitative estimate of drug-likeness (QED) is 0.188. The van der Waals surface area contributed by atoms with E-state index in [2.05, 4.69) is 17.2 Å². The molecule has 0 aromatic heterocycles. The average molecular weight is 453 g/mol. The van der Waals surface area contributed by atoms with Gasteiger partial charge in [0.05, 0.1) is 6.10 Å². The maximum Gasteiger partial charge on any atom is 0.278 e. The molecule has 9 heteroatoms. The molecule has 0 radical (unpaired) electrons. The highest BCUT2D eigenvalue weighted by Crippen LogP contribution is 2.19. The van der Waals surface area contributed by atoms with Gasteiger partial charge in [-0.25, -0.2) is 5.48 Å². The topological polar surface area (TPSA) is 139 Å². The van der Waals surface area contributed by atoms with Crippen LogP contribution in [0.25, 0.3) is 0 Å². The van der Waals surface area contributed by atoms with Gasteiger partial charge in [-0.05, 0) is 55.8 Å². The molecule has 3 atom stereocenters. The zero-order valence-corrected chi connectivity index (χ0v) is 18.8. The smallest absolute Gasteiger partial charge is 0.278 e. The van der Waals surface area contributed by atoms with Gasteiger partial charge in [-0.1, -0.05) is 24.0 Å². The second kappa shape index (κ2) is 10.7. The van der Waals surface area contributed by atoms with Gasteiger partial charge in [0.2, 0.25) is 0 Å². The minimum atomic E-state index is -1.97. The minimum Gasteiger partial charge on any atom is -0.390 e. The maximum atomic E-state index is 12.9. The lowest BCUT2D eigenvalue weighted by molar-refractivity contribution is -0.148. The van der Waals surface area contributed by atoms with Crippen molar-refractivity contribution in [1.82, 2.24) is 15.7 Å². The van der Waals surface area contributed by atoms with Crippen molar-refractivity contribution in [3.63, 3.8) is 0 Å². The van der Waals surface area contributed by atoms with Crippen molar-refractivity contribution in [1.29, 1.82) is 0 Å². The van der Waals surface area contributed by atoms with Crippen LogP contribution in [-0.4, -0.2) is 63.8 Å². The summed E-state index contributed by atoms with van der Waals surface area (Å²) in [6.07, 6.45) is -1.85. The molecule has 0 bridgehead atoms. The lowest BCUT2D eigenvalue weighted by Crippen LogP contribution is -2.64. The number of aliphatic hydroxyl groups excluding tert-OH is 2. The average Bonchev–Trinajstić information content (AvgIpc) is 2.84. The second-order valence-corrected chi connectivity index (χ2v) is 7.59. The Kier molecular flexibility index (Phi) is 8.32. The molecule has 9 nitrogen and oxygen atoms in total. The molecule has 0 fully saturated rings. The standard InChI is InChI=1S/C24H27N3O6/c1-15(28)20(29)18-11-7-16(8-12-18)5-6-17-9-13-19(14-10-17)21(30)27(4)24(2,22(31)25-3)23(32)26-33/h7-15,20,28-29,33H,1-4H3,(H,25,31)(H,26,32)/t15-,20+,24-/m0/s1. The molecule has 0 spiro atoms. The number of amides is 3. The lowest BCUT2D eigenvalue weighted by atomic mass is 9.96. The molecule has 3 amide bonds. The van der Waals surface area contributed by atoms with Crippen LogP contribution in [0.5, 0.6) is 0 Å². The Morgan fingerprint density at radius 3 is 1.85 bits per heavy atom. The Hall–Kier alpha value is -3.71. The summed E-state index contributed by atoms with van der Waals surface area (Å²) in [5.41, 5.74) is 1.60. The largest absolute Gasteiger partial charge is 0.390 e. The summed E-state index contributed by atoms with van der Waals surface area (Å²) in [7, 11) is 2.61. The Bertz CT molecular complexity index is 1050. The van der Waals surface area contributed by atoms with Crippen LogP contribution in [0.1, 0.15) is 47.0 Å². The van der Waals surface area contributed by atoms with E-state index in [1.165, 1.54) is 45.6 Å². The highest BCUT2D eigenvalue weighted by molar-refractivity contribution is 6.12. The van der Waals surface area contributed by atoms with Gasteiger partial charge in [-0.15, -0.1) is 0 Å². The summed E-state index contributed by atoms with van der Waals surface area (Å²) in [5, 5.41) is 30.7. The molecule has 0 unspecified atom stereocenters. The summed E-state index contributed by atoms with van der Waals surface area (Å²) in [5.74, 6) is 3.52. The molecule has 174 valence electrons. The van der Waals surface area contributed by atoms with E-state index in [1.807, 2.05) is 0 Å². The highest BCUT2D eigenvalue weighted by Gasteiger charge is 2.47. The molecule has 5 N–H and O–H groups in total. The number of hydroxylamine groups is 1. The summed E-state index contributed by atoms with van der Waals surface area (Å²) < 4.78 is 0. The molecule has 33 heavy (non-hydrogen) atoms. The number of hydrogen-bond acceptors (Lipinski definition) is 6. The molecular formula is C24H27N3O6. The zero-order valence-electron chi connectivity index (χ0n) is 18.8. The van der Waals surface area contributed by atoms with Crippen LogP contribution in [-0.2, 0) is 9.59 Å². The van der Waals surface area contributed by atoms with Crippen LogP contribution in [0.15, 0.2) is 48.5 Å². The van der Waals surface area contributed by atoms with E-state index < -0.39 is 35.5 Å². The Balaban J connectivity index is 2.19. The van der Waals surface area contributed by atoms with Gasteiger partial charge in [0, 0.05) is 30.8 Å². The molecule has 2 aromatic carbocycles. The van der Waals surface area contributed by atoms with Gasteiger partial charge in [0.15, 0.2) is 5.54 Å². The van der Waals surface area contributed by atoms with E-state index in [0.717, 1.165) is 4.90 Å². The SMILES string of the molecule is CNC(=O)[C@@](C)(C(=O)NO)N(C)C(=O)c1ccc(C#Cc2ccc([C@H](O)[C@H](C)O)cc2)cc1. The van der Waals surface area contributed by atoms with Crippen LogP contribution in [0.4, 0.5) is 0 Å². The number of nitrogens with one attached hydrogen (secondary N) is 2. The van der Waals surface area contributed by atoms with Crippen molar-refractivity contribution < 1.29 is 29.8 Å². The first kappa shape index (κ1) is 25.5. The number of hydrogen-bond donors (Lipinski definition) is 5. The first-order valence-corrected chi connectivity index (χ1v) is 10.1. The molecule has 0 saturated heterocycles. The maximum absolute atomic E-state index is 12.9. The Labute approximate surface area is 192 Å². The third kappa shape index (κ3) is 5.56. The van der Waals surface area contributed by atoms with E-state index in [1.54, 1.807) is 36.4 Å². The van der Waals surface area contributed by atoms with Crippen LogP contribution < -0.4 is 10.8 Å². The fourth-order valence-corrected chi connectivity index (χ4v) is 3.04. The van der Waals surface area contributed by atoms with Crippen LogP contribution >= 0.6 is 0 Å². The van der Waals surface area contributed by atoms with E-state index in [0.29, 0.717) is 16.7 Å². The first-order chi connectivity index (χ1) is 15.6. The second-order valence-electron chi connectivity index (χ2n) is 7.59. The number of benzene rings is 2. The normalized spacial score (nSPS) is 14.0. The van der Waals surface area contributed by atoms with Crippen molar-refractivity contribution >= 4 is 17.7 Å². The predicted molar refractivity (Wildman–Crippen MR) is 120 cm³/mol. The number of nitrogens with zero attached hydrogens (tertiary/aromatic N) is 1. The predicted octanol–water partition coefficient (Wildman–Crippen LogP) is 0.583. The van der Waals surface area contributed by atoms with Crippen molar-refractivity contribution in [3.05, 3.63) is 70.8 Å². The Morgan fingerprint density at radius 1 is 0.939 bits per heavy atom. The molecule has 0 saturated carbocycles. The van der Waals surface area contributed by atoms with Gasteiger partial charge in [-0.2, -0.15) is 0 Å². The van der Waals surface area contributed by atoms with Crippen molar-refractivity contribution in [2.75, 3.05) is 14.1 Å². The number of carbonyl (C=O) groups is 3.